The first kappa shape index (κ1) is 12.6. The monoisotopic (exact) mass is 198 g/mol. The molecular formula is C11H18O3. The quantitative estimate of drug-likeness (QED) is 0.399. The number of rotatable bonds is 10. The second-order valence-corrected chi connectivity index (χ2v) is 2.60. The highest BCUT2D eigenvalue weighted by Crippen LogP contribution is 2.04. The maximum Gasteiger partial charge on any atom is 0.132 e. The maximum atomic E-state index is 5.23. The van der Waals surface area contributed by atoms with Gasteiger partial charge in [-0.2, -0.15) is 0 Å². The number of hydrogen-bond donors (Lipinski definition) is 0. The molecule has 0 spiro atoms. The van der Waals surface area contributed by atoms with Crippen LogP contribution < -0.4 is 0 Å². The molecule has 0 saturated carbocycles. The van der Waals surface area contributed by atoms with E-state index in [1.165, 1.54) is 18.8 Å². The molecule has 0 rings (SSSR count). The summed E-state index contributed by atoms with van der Waals surface area (Å²) in [5.74, 6) is 0. The Hall–Kier alpha value is -1.38. The lowest BCUT2D eigenvalue weighted by Crippen LogP contribution is -2.16. The SMILES string of the molecule is C=COCCCC(COC=C)OC=C. The topological polar surface area (TPSA) is 27.7 Å². The molecule has 14 heavy (non-hydrogen) atoms. The first-order chi connectivity index (χ1) is 6.85. The molecule has 1 atom stereocenters. The summed E-state index contributed by atoms with van der Waals surface area (Å²) in [6, 6.07) is 0. The third-order valence-corrected chi connectivity index (χ3v) is 1.59. The number of ether oxygens (including phenoxy) is 3. The van der Waals surface area contributed by atoms with E-state index in [4.69, 9.17) is 14.2 Å². The van der Waals surface area contributed by atoms with E-state index in [1.807, 2.05) is 0 Å². The molecule has 0 bridgehead atoms. The minimum atomic E-state index is 0.0129. The third-order valence-electron chi connectivity index (χ3n) is 1.59. The molecule has 80 valence electrons. The van der Waals surface area contributed by atoms with Crippen molar-refractivity contribution in [2.75, 3.05) is 13.2 Å². The van der Waals surface area contributed by atoms with Gasteiger partial charge in [0, 0.05) is 0 Å². The van der Waals surface area contributed by atoms with Crippen LogP contribution in [0.5, 0.6) is 0 Å². The van der Waals surface area contributed by atoms with Gasteiger partial charge in [-0.1, -0.05) is 19.7 Å². The first-order valence-corrected chi connectivity index (χ1v) is 4.56. The van der Waals surface area contributed by atoms with Gasteiger partial charge in [-0.05, 0) is 12.8 Å². The Balaban J connectivity index is 3.54. The Morgan fingerprint density at radius 2 is 1.71 bits per heavy atom. The summed E-state index contributed by atoms with van der Waals surface area (Å²) in [7, 11) is 0. The number of hydrogen-bond acceptors (Lipinski definition) is 3. The van der Waals surface area contributed by atoms with Crippen molar-refractivity contribution in [2.24, 2.45) is 0 Å². The van der Waals surface area contributed by atoms with E-state index >= 15 is 0 Å². The molecule has 0 N–H and O–H groups in total. The van der Waals surface area contributed by atoms with Gasteiger partial charge in [-0.25, -0.2) is 0 Å². The second kappa shape index (κ2) is 9.71. The van der Waals surface area contributed by atoms with Crippen LogP contribution in [0.4, 0.5) is 0 Å². The van der Waals surface area contributed by atoms with Crippen LogP contribution in [-0.2, 0) is 14.2 Å². The predicted molar refractivity (Wildman–Crippen MR) is 56.6 cm³/mol. The molecule has 0 heterocycles. The molecule has 0 fully saturated rings. The van der Waals surface area contributed by atoms with Crippen LogP contribution in [0.1, 0.15) is 12.8 Å². The summed E-state index contributed by atoms with van der Waals surface area (Å²) in [6.07, 6.45) is 6.02. The van der Waals surface area contributed by atoms with Gasteiger partial charge in [-0.3, -0.25) is 0 Å². The van der Waals surface area contributed by atoms with Crippen molar-refractivity contribution in [3.63, 3.8) is 0 Å². The highest BCUT2D eigenvalue weighted by Gasteiger charge is 2.07. The fourth-order valence-electron chi connectivity index (χ4n) is 0.980. The fraction of sp³-hybridized carbons (Fsp3) is 0.455. The van der Waals surface area contributed by atoms with Gasteiger partial charge < -0.3 is 14.2 Å². The Morgan fingerprint density at radius 3 is 2.29 bits per heavy atom. The van der Waals surface area contributed by atoms with E-state index in [0.29, 0.717) is 13.2 Å². The lowest BCUT2D eigenvalue weighted by molar-refractivity contribution is 0.0575. The lowest BCUT2D eigenvalue weighted by atomic mass is 10.2. The third kappa shape index (κ3) is 7.28. The molecule has 0 aliphatic rings. The van der Waals surface area contributed by atoms with Gasteiger partial charge in [-0.15, -0.1) is 0 Å². The van der Waals surface area contributed by atoms with Crippen LogP contribution in [0.25, 0.3) is 0 Å². The molecule has 0 saturated heterocycles. The van der Waals surface area contributed by atoms with Crippen LogP contribution in [0.15, 0.2) is 38.5 Å². The van der Waals surface area contributed by atoms with Gasteiger partial charge in [0.25, 0.3) is 0 Å². The fourth-order valence-corrected chi connectivity index (χ4v) is 0.980. The highest BCUT2D eigenvalue weighted by atomic mass is 16.5. The summed E-state index contributed by atoms with van der Waals surface area (Å²) in [6.45, 7) is 11.6. The van der Waals surface area contributed by atoms with Crippen LogP contribution in [-0.4, -0.2) is 19.3 Å². The molecule has 0 aromatic carbocycles. The van der Waals surface area contributed by atoms with Crippen LogP contribution in [0.2, 0.25) is 0 Å². The van der Waals surface area contributed by atoms with E-state index in [1.54, 1.807) is 0 Å². The average molecular weight is 198 g/mol. The van der Waals surface area contributed by atoms with Crippen molar-refractivity contribution in [3.8, 4) is 0 Å². The maximum absolute atomic E-state index is 5.23. The zero-order valence-corrected chi connectivity index (χ0v) is 8.48. The van der Waals surface area contributed by atoms with Gasteiger partial charge in [0.05, 0.1) is 25.4 Å². The summed E-state index contributed by atoms with van der Waals surface area (Å²) < 4.78 is 15.3. The zero-order valence-electron chi connectivity index (χ0n) is 8.48. The van der Waals surface area contributed by atoms with E-state index < -0.39 is 0 Å². The van der Waals surface area contributed by atoms with Crippen molar-refractivity contribution in [2.45, 2.75) is 18.9 Å². The Kier molecular flexibility index (Phi) is 8.75. The Bertz CT molecular complexity index is 166. The molecule has 0 aliphatic heterocycles. The minimum Gasteiger partial charge on any atom is -0.502 e. The smallest absolute Gasteiger partial charge is 0.132 e. The largest absolute Gasteiger partial charge is 0.502 e. The van der Waals surface area contributed by atoms with Crippen molar-refractivity contribution in [3.05, 3.63) is 38.5 Å². The van der Waals surface area contributed by atoms with Crippen LogP contribution in [0.3, 0.4) is 0 Å². The zero-order chi connectivity index (χ0) is 10.6. The van der Waals surface area contributed by atoms with Crippen molar-refractivity contribution >= 4 is 0 Å². The molecule has 0 aromatic heterocycles. The molecular weight excluding hydrogens is 180 g/mol. The molecule has 0 aliphatic carbocycles. The summed E-state index contributed by atoms with van der Waals surface area (Å²) in [5, 5.41) is 0. The van der Waals surface area contributed by atoms with Gasteiger partial charge >= 0.3 is 0 Å². The van der Waals surface area contributed by atoms with Crippen LogP contribution in [0, 0.1) is 0 Å². The van der Waals surface area contributed by atoms with Crippen LogP contribution >= 0.6 is 0 Å². The van der Waals surface area contributed by atoms with Crippen molar-refractivity contribution in [1.29, 1.82) is 0 Å². The normalized spacial score (nSPS) is 11.1. The van der Waals surface area contributed by atoms with Gasteiger partial charge in [0.1, 0.15) is 12.7 Å². The predicted octanol–water partition coefficient (Wildman–Crippen LogP) is 2.62. The molecule has 3 nitrogen and oxygen atoms in total. The van der Waals surface area contributed by atoms with E-state index in [-0.39, 0.29) is 6.10 Å². The molecule has 0 amide bonds. The average Bonchev–Trinajstić information content (AvgIpc) is 2.20. The van der Waals surface area contributed by atoms with Crippen molar-refractivity contribution < 1.29 is 14.2 Å². The summed E-state index contributed by atoms with van der Waals surface area (Å²) in [4.78, 5) is 0. The van der Waals surface area contributed by atoms with Gasteiger partial charge in [0.15, 0.2) is 0 Å². The highest BCUT2D eigenvalue weighted by molar-refractivity contribution is 4.64. The summed E-state index contributed by atoms with van der Waals surface area (Å²) in [5.41, 5.74) is 0. The van der Waals surface area contributed by atoms with Gasteiger partial charge in [0.2, 0.25) is 0 Å². The Morgan fingerprint density at radius 1 is 1.00 bits per heavy atom. The summed E-state index contributed by atoms with van der Waals surface area (Å²) >= 11 is 0. The molecule has 0 radical (unpaired) electrons. The Labute approximate surface area is 85.7 Å². The van der Waals surface area contributed by atoms with E-state index in [9.17, 15) is 0 Å². The first-order valence-electron chi connectivity index (χ1n) is 4.56. The minimum absolute atomic E-state index is 0.0129. The lowest BCUT2D eigenvalue weighted by Gasteiger charge is -2.15. The van der Waals surface area contributed by atoms with Crippen molar-refractivity contribution in [1.82, 2.24) is 0 Å². The van der Waals surface area contributed by atoms with E-state index in [0.717, 1.165) is 12.8 Å². The molecule has 3 heteroatoms. The molecule has 1 unspecified atom stereocenters. The second-order valence-electron chi connectivity index (χ2n) is 2.60. The van der Waals surface area contributed by atoms with E-state index in [2.05, 4.69) is 19.7 Å². The standard InChI is InChI=1S/C11H18O3/c1-4-12-9-7-8-11(14-6-3)10-13-5-2/h4-6,11H,1-3,7-10H2. The molecule has 0 aromatic rings.